The summed E-state index contributed by atoms with van der Waals surface area (Å²) in [7, 11) is 0. The van der Waals surface area contributed by atoms with Crippen LogP contribution in [0.5, 0.6) is 11.6 Å². The lowest BCUT2D eigenvalue weighted by Gasteiger charge is -2.11. The summed E-state index contributed by atoms with van der Waals surface area (Å²) in [5.41, 5.74) is 3.13. The lowest BCUT2D eigenvalue weighted by atomic mass is 10.3. The van der Waals surface area contributed by atoms with Crippen molar-refractivity contribution in [2.45, 2.75) is 13.8 Å². The quantitative estimate of drug-likeness (QED) is 0.644. The van der Waals surface area contributed by atoms with E-state index in [9.17, 15) is 4.39 Å². The van der Waals surface area contributed by atoms with Crippen molar-refractivity contribution in [3.8, 4) is 11.6 Å². The van der Waals surface area contributed by atoms with Gasteiger partial charge in [0.05, 0.1) is 5.56 Å². The first-order valence-electron chi connectivity index (χ1n) is 5.35. The highest BCUT2D eigenvalue weighted by molar-refractivity contribution is 5.48. The number of rotatable bonds is 3. The molecule has 18 heavy (non-hydrogen) atoms. The van der Waals surface area contributed by atoms with E-state index < -0.39 is 0 Å². The molecule has 0 atom stereocenters. The van der Waals surface area contributed by atoms with Crippen LogP contribution >= 0.6 is 0 Å². The van der Waals surface area contributed by atoms with Crippen molar-refractivity contribution in [2.75, 3.05) is 5.43 Å². The molecule has 0 radical (unpaired) electrons. The number of hydrogen-bond donors (Lipinski definition) is 2. The minimum absolute atomic E-state index is 0.348. The number of aromatic nitrogens is 2. The normalized spacial score (nSPS) is 10.2. The number of hydrazine groups is 1. The highest BCUT2D eigenvalue weighted by atomic mass is 19.1. The molecule has 5 nitrogen and oxygen atoms in total. The van der Waals surface area contributed by atoms with Gasteiger partial charge >= 0.3 is 0 Å². The van der Waals surface area contributed by atoms with Gasteiger partial charge in [0, 0.05) is 6.07 Å². The first kappa shape index (κ1) is 12.3. The molecule has 0 aliphatic heterocycles. The third-order valence-corrected chi connectivity index (χ3v) is 2.36. The van der Waals surface area contributed by atoms with Crippen LogP contribution in [-0.4, -0.2) is 9.97 Å². The van der Waals surface area contributed by atoms with E-state index in [1.165, 1.54) is 12.1 Å². The molecule has 2 aromatic rings. The predicted molar refractivity (Wildman–Crippen MR) is 65.8 cm³/mol. The number of hydrogen-bond acceptors (Lipinski definition) is 5. The zero-order valence-electron chi connectivity index (χ0n) is 10.1. The van der Waals surface area contributed by atoms with Gasteiger partial charge in [0.25, 0.3) is 0 Å². The Labute approximate surface area is 104 Å². The molecule has 0 spiro atoms. The molecule has 0 aliphatic rings. The lowest BCUT2D eigenvalue weighted by molar-refractivity contribution is 0.451. The first-order chi connectivity index (χ1) is 8.60. The number of nitrogens with two attached hydrogens (primary N) is 1. The van der Waals surface area contributed by atoms with Crippen LogP contribution in [0.25, 0.3) is 0 Å². The fourth-order valence-corrected chi connectivity index (χ4v) is 1.48. The van der Waals surface area contributed by atoms with E-state index in [1.54, 1.807) is 26.0 Å². The zero-order valence-corrected chi connectivity index (χ0v) is 10.1. The van der Waals surface area contributed by atoms with Crippen molar-refractivity contribution in [1.29, 1.82) is 0 Å². The molecule has 3 N–H and O–H groups in total. The molecule has 0 unspecified atom stereocenters. The predicted octanol–water partition coefficient (Wildman–Crippen LogP) is 2.31. The molecule has 0 saturated carbocycles. The monoisotopic (exact) mass is 248 g/mol. The van der Waals surface area contributed by atoms with Crippen molar-refractivity contribution in [3.63, 3.8) is 0 Å². The summed E-state index contributed by atoms with van der Waals surface area (Å²) >= 11 is 0. The van der Waals surface area contributed by atoms with Crippen LogP contribution in [0.3, 0.4) is 0 Å². The number of nitrogen functional groups attached to an aromatic ring is 1. The Morgan fingerprint density at radius 3 is 2.72 bits per heavy atom. The zero-order chi connectivity index (χ0) is 13.1. The van der Waals surface area contributed by atoms with Crippen molar-refractivity contribution in [2.24, 2.45) is 5.84 Å². The van der Waals surface area contributed by atoms with Crippen molar-refractivity contribution >= 4 is 5.82 Å². The molecule has 1 aromatic carbocycles. The van der Waals surface area contributed by atoms with Crippen LogP contribution < -0.4 is 16.0 Å². The third kappa shape index (κ3) is 2.54. The number of halogens is 1. The standard InChI is InChI=1S/C12H13FN4O/c1-7-11(17-14)15-8(2)16-12(7)18-10-5-3-4-9(13)6-10/h3-6H,14H2,1-2H3,(H,15,16,17). The van der Waals surface area contributed by atoms with E-state index in [2.05, 4.69) is 15.4 Å². The molecule has 0 saturated heterocycles. The topological polar surface area (TPSA) is 73.1 Å². The van der Waals surface area contributed by atoms with Gasteiger partial charge in [-0.2, -0.15) is 4.98 Å². The van der Waals surface area contributed by atoms with Gasteiger partial charge in [-0.3, -0.25) is 0 Å². The Morgan fingerprint density at radius 1 is 1.28 bits per heavy atom. The highest BCUT2D eigenvalue weighted by Gasteiger charge is 2.10. The molecule has 1 aromatic heterocycles. The van der Waals surface area contributed by atoms with E-state index in [0.29, 0.717) is 28.8 Å². The minimum Gasteiger partial charge on any atom is -0.438 e. The van der Waals surface area contributed by atoms with Crippen LogP contribution in [0.1, 0.15) is 11.4 Å². The Balaban J connectivity index is 2.37. The van der Waals surface area contributed by atoms with Gasteiger partial charge in [-0.05, 0) is 26.0 Å². The van der Waals surface area contributed by atoms with Gasteiger partial charge in [-0.1, -0.05) is 6.07 Å². The van der Waals surface area contributed by atoms with E-state index in [0.717, 1.165) is 0 Å². The second kappa shape index (κ2) is 4.97. The molecule has 0 fully saturated rings. The maximum Gasteiger partial charge on any atom is 0.227 e. The molecule has 0 amide bonds. The number of anilines is 1. The number of nitrogens with zero attached hydrogens (tertiary/aromatic N) is 2. The Bertz CT molecular complexity index is 574. The van der Waals surface area contributed by atoms with Gasteiger partial charge in [0.1, 0.15) is 23.2 Å². The molecule has 0 aliphatic carbocycles. The van der Waals surface area contributed by atoms with E-state index in [1.807, 2.05) is 0 Å². The third-order valence-electron chi connectivity index (χ3n) is 2.36. The van der Waals surface area contributed by atoms with Gasteiger partial charge in [-0.25, -0.2) is 15.2 Å². The maximum atomic E-state index is 13.1. The number of ether oxygens (including phenoxy) is 1. The van der Waals surface area contributed by atoms with Gasteiger partial charge in [0.15, 0.2) is 0 Å². The summed E-state index contributed by atoms with van der Waals surface area (Å²) in [6.45, 7) is 3.49. The van der Waals surface area contributed by atoms with Crippen molar-refractivity contribution < 1.29 is 9.13 Å². The first-order valence-corrected chi connectivity index (χ1v) is 5.35. The average molecular weight is 248 g/mol. The Kier molecular flexibility index (Phi) is 3.38. The molecule has 0 bridgehead atoms. The van der Waals surface area contributed by atoms with Crippen LogP contribution in [0.15, 0.2) is 24.3 Å². The summed E-state index contributed by atoms with van der Waals surface area (Å²) in [6.07, 6.45) is 0. The maximum absolute atomic E-state index is 13.1. The van der Waals surface area contributed by atoms with E-state index in [4.69, 9.17) is 10.6 Å². The SMILES string of the molecule is Cc1nc(NN)c(C)c(Oc2cccc(F)c2)n1. The van der Waals surface area contributed by atoms with Gasteiger partial charge in [-0.15, -0.1) is 0 Å². The van der Waals surface area contributed by atoms with Gasteiger partial charge in [0.2, 0.25) is 5.88 Å². The molecular formula is C12H13FN4O. The smallest absolute Gasteiger partial charge is 0.227 e. The summed E-state index contributed by atoms with van der Waals surface area (Å²) in [5.74, 6) is 6.70. The fourth-order valence-electron chi connectivity index (χ4n) is 1.48. The summed E-state index contributed by atoms with van der Waals surface area (Å²) in [6, 6.07) is 5.84. The fraction of sp³-hybridized carbons (Fsp3) is 0.167. The lowest BCUT2D eigenvalue weighted by Crippen LogP contribution is -2.12. The Morgan fingerprint density at radius 2 is 2.06 bits per heavy atom. The van der Waals surface area contributed by atoms with Crippen LogP contribution in [0.2, 0.25) is 0 Å². The van der Waals surface area contributed by atoms with Crippen molar-refractivity contribution in [3.05, 3.63) is 41.5 Å². The molecular weight excluding hydrogens is 235 g/mol. The number of nitrogens with one attached hydrogen (secondary N) is 1. The van der Waals surface area contributed by atoms with Gasteiger partial charge < -0.3 is 10.2 Å². The van der Waals surface area contributed by atoms with E-state index in [-0.39, 0.29) is 5.82 Å². The van der Waals surface area contributed by atoms with Crippen LogP contribution in [-0.2, 0) is 0 Å². The number of aryl methyl sites for hydroxylation is 1. The average Bonchev–Trinajstić information content (AvgIpc) is 2.33. The summed E-state index contributed by atoms with van der Waals surface area (Å²) in [4.78, 5) is 8.26. The summed E-state index contributed by atoms with van der Waals surface area (Å²) < 4.78 is 18.6. The van der Waals surface area contributed by atoms with Crippen LogP contribution in [0.4, 0.5) is 10.2 Å². The van der Waals surface area contributed by atoms with Crippen LogP contribution in [0, 0.1) is 19.7 Å². The molecule has 2 rings (SSSR count). The highest BCUT2D eigenvalue weighted by Crippen LogP contribution is 2.26. The van der Waals surface area contributed by atoms with Crippen molar-refractivity contribution in [1.82, 2.24) is 9.97 Å². The minimum atomic E-state index is -0.367. The Hall–Kier alpha value is -2.21. The molecule has 1 heterocycles. The second-order valence-corrected chi connectivity index (χ2v) is 3.75. The molecule has 6 heteroatoms. The summed E-state index contributed by atoms with van der Waals surface area (Å²) in [5, 5.41) is 0. The second-order valence-electron chi connectivity index (χ2n) is 3.75. The number of benzene rings is 1. The largest absolute Gasteiger partial charge is 0.438 e. The van der Waals surface area contributed by atoms with E-state index >= 15 is 0 Å². The molecule has 94 valence electrons.